The van der Waals surface area contributed by atoms with Crippen LogP contribution in [0.4, 0.5) is 0 Å². The van der Waals surface area contributed by atoms with Gasteiger partial charge in [0.25, 0.3) is 0 Å². The maximum absolute atomic E-state index is 3.47. The summed E-state index contributed by atoms with van der Waals surface area (Å²) < 4.78 is 0. The molecule has 3 nitrogen and oxygen atoms in total. The Hall–Kier alpha value is -0.420. The average Bonchev–Trinajstić information content (AvgIpc) is 2.82. The first kappa shape index (κ1) is 15.0. The van der Waals surface area contributed by atoms with Gasteiger partial charge < -0.3 is 10.2 Å². The van der Waals surface area contributed by atoms with E-state index in [1.54, 1.807) is 0 Å². The monoisotopic (exact) mass is 281 g/mol. The van der Waals surface area contributed by atoms with Gasteiger partial charge in [0.15, 0.2) is 0 Å². The standard InChI is InChI=1S/C15H27N3S/c1-4-7-16-10-14-5-6-15(19-14)12-18-9-8-17(3)13(2)11-18/h5-6,13,16H,4,7-12H2,1-3H3. The van der Waals surface area contributed by atoms with E-state index in [1.807, 2.05) is 11.3 Å². The Bertz CT molecular complexity index is 377. The number of piperazine rings is 1. The largest absolute Gasteiger partial charge is 0.312 e. The van der Waals surface area contributed by atoms with E-state index in [-0.39, 0.29) is 0 Å². The maximum Gasteiger partial charge on any atom is 0.0329 e. The molecule has 0 bridgehead atoms. The second-order valence-electron chi connectivity index (χ2n) is 5.61. The van der Waals surface area contributed by atoms with Crippen molar-refractivity contribution in [3.8, 4) is 0 Å². The second kappa shape index (κ2) is 7.39. The van der Waals surface area contributed by atoms with Gasteiger partial charge in [0.05, 0.1) is 0 Å². The van der Waals surface area contributed by atoms with Crippen LogP contribution >= 0.6 is 11.3 Å². The molecule has 108 valence electrons. The lowest BCUT2D eigenvalue weighted by Gasteiger charge is -2.37. The fourth-order valence-corrected chi connectivity index (χ4v) is 3.51. The first-order valence-corrected chi connectivity index (χ1v) is 8.21. The predicted molar refractivity (Wildman–Crippen MR) is 83.7 cm³/mol. The lowest BCUT2D eigenvalue weighted by atomic mass is 10.2. The molecule has 2 rings (SSSR count). The molecule has 1 N–H and O–H groups in total. The minimum Gasteiger partial charge on any atom is -0.312 e. The Morgan fingerprint density at radius 3 is 2.84 bits per heavy atom. The van der Waals surface area contributed by atoms with Crippen molar-refractivity contribution < 1.29 is 0 Å². The van der Waals surface area contributed by atoms with Crippen LogP contribution in [0.3, 0.4) is 0 Å². The SMILES string of the molecule is CCCNCc1ccc(CN2CCN(C)C(C)C2)s1. The van der Waals surface area contributed by atoms with Crippen LogP contribution in [0.5, 0.6) is 0 Å². The van der Waals surface area contributed by atoms with E-state index < -0.39 is 0 Å². The molecule has 1 aromatic heterocycles. The highest BCUT2D eigenvalue weighted by Crippen LogP contribution is 2.19. The van der Waals surface area contributed by atoms with E-state index in [0.717, 1.165) is 19.6 Å². The van der Waals surface area contributed by atoms with E-state index in [4.69, 9.17) is 0 Å². The van der Waals surface area contributed by atoms with Gasteiger partial charge in [0.2, 0.25) is 0 Å². The fraction of sp³-hybridized carbons (Fsp3) is 0.733. The smallest absolute Gasteiger partial charge is 0.0329 e. The third-order valence-electron chi connectivity index (χ3n) is 3.87. The topological polar surface area (TPSA) is 18.5 Å². The molecule has 19 heavy (non-hydrogen) atoms. The molecule has 2 heterocycles. The number of nitrogens with one attached hydrogen (secondary N) is 1. The van der Waals surface area contributed by atoms with Gasteiger partial charge in [-0.25, -0.2) is 0 Å². The summed E-state index contributed by atoms with van der Waals surface area (Å²) in [7, 11) is 2.23. The molecule has 1 saturated heterocycles. The molecule has 1 atom stereocenters. The fourth-order valence-electron chi connectivity index (χ4n) is 2.48. The summed E-state index contributed by atoms with van der Waals surface area (Å²) in [6.07, 6.45) is 1.21. The number of hydrogen-bond acceptors (Lipinski definition) is 4. The molecule has 1 aromatic rings. The zero-order valence-corrected chi connectivity index (χ0v) is 13.3. The predicted octanol–water partition coefficient (Wildman–Crippen LogP) is 2.38. The van der Waals surface area contributed by atoms with Crippen LogP contribution in [-0.2, 0) is 13.1 Å². The van der Waals surface area contributed by atoms with E-state index in [0.29, 0.717) is 6.04 Å². The number of rotatable bonds is 6. The summed E-state index contributed by atoms with van der Waals surface area (Å²) in [5.74, 6) is 0. The van der Waals surface area contributed by atoms with Crippen molar-refractivity contribution in [3.05, 3.63) is 21.9 Å². The van der Waals surface area contributed by atoms with Crippen molar-refractivity contribution >= 4 is 11.3 Å². The van der Waals surface area contributed by atoms with Crippen LogP contribution in [0.25, 0.3) is 0 Å². The zero-order chi connectivity index (χ0) is 13.7. The molecular weight excluding hydrogens is 254 g/mol. The summed E-state index contributed by atoms with van der Waals surface area (Å²) in [4.78, 5) is 8.00. The molecule has 1 unspecified atom stereocenters. The Morgan fingerprint density at radius 2 is 2.11 bits per heavy atom. The third kappa shape index (κ3) is 4.56. The summed E-state index contributed by atoms with van der Waals surface area (Å²) >= 11 is 1.96. The molecular formula is C15H27N3S. The molecule has 0 amide bonds. The lowest BCUT2D eigenvalue weighted by molar-refractivity contribution is 0.101. The molecule has 1 fully saturated rings. The summed E-state index contributed by atoms with van der Waals surface area (Å²) in [5.41, 5.74) is 0. The van der Waals surface area contributed by atoms with Crippen molar-refractivity contribution in [1.82, 2.24) is 15.1 Å². The quantitative estimate of drug-likeness (QED) is 0.808. The Morgan fingerprint density at radius 1 is 1.32 bits per heavy atom. The highest BCUT2D eigenvalue weighted by atomic mass is 32.1. The first-order chi connectivity index (χ1) is 9.19. The normalized spacial score (nSPS) is 21.9. The van der Waals surface area contributed by atoms with Gasteiger partial charge in [0, 0.05) is 48.5 Å². The van der Waals surface area contributed by atoms with Gasteiger partial charge in [-0.3, -0.25) is 4.90 Å². The highest BCUT2D eigenvalue weighted by Gasteiger charge is 2.20. The maximum atomic E-state index is 3.47. The van der Waals surface area contributed by atoms with E-state index in [9.17, 15) is 0 Å². The highest BCUT2D eigenvalue weighted by molar-refractivity contribution is 7.11. The van der Waals surface area contributed by atoms with Gasteiger partial charge >= 0.3 is 0 Å². The minimum atomic E-state index is 0.680. The van der Waals surface area contributed by atoms with Crippen LogP contribution in [0.2, 0.25) is 0 Å². The van der Waals surface area contributed by atoms with Gasteiger partial charge in [0.1, 0.15) is 0 Å². The summed E-state index contributed by atoms with van der Waals surface area (Å²) in [5, 5.41) is 3.47. The molecule has 4 heteroatoms. The van der Waals surface area contributed by atoms with Gasteiger partial charge in [-0.15, -0.1) is 11.3 Å². The van der Waals surface area contributed by atoms with Crippen molar-refractivity contribution in [1.29, 1.82) is 0 Å². The van der Waals surface area contributed by atoms with Crippen LogP contribution in [-0.4, -0.2) is 49.1 Å². The zero-order valence-electron chi connectivity index (χ0n) is 12.5. The summed E-state index contributed by atoms with van der Waals surface area (Å²) in [6.45, 7) is 11.4. The molecule has 0 aliphatic carbocycles. The number of hydrogen-bond donors (Lipinski definition) is 1. The van der Waals surface area contributed by atoms with Crippen LogP contribution in [0, 0.1) is 0 Å². The average molecular weight is 281 g/mol. The van der Waals surface area contributed by atoms with E-state index >= 15 is 0 Å². The van der Waals surface area contributed by atoms with E-state index in [2.05, 4.69) is 48.1 Å². The van der Waals surface area contributed by atoms with Gasteiger partial charge in [-0.1, -0.05) is 6.92 Å². The molecule has 0 saturated carbocycles. The van der Waals surface area contributed by atoms with Crippen molar-refractivity contribution in [2.24, 2.45) is 0 Å². The summed E-state index contributed by atoms with van der Waals surface area (Å²) in [6, 6.07) is 5.26. The Labute approximate surface area is 121 Å². The molecule has 0 spiro atoms. The molecule has 0 aromatic carbocycles. The van der Waals surface area contributed by atoms with Crippen molar-refractivity contribution in [2.45, 2.75) is 39.4 Å². The van der Waals surface area contributed by atoms with Gasteiger partial charge in [-0.05, 0) is 39.1 Å². The Kier molecular flexibility index (Phi) is 5.82. The molecule has 1 aliphatic heterocycles. The molecule has 1 aliphatic rings. The van der Waals surface area contributed by atoms with Crippen LogP contribution < -0.4 is 5.32 Å². The van der Waals surface area contributed by atoms with E-state index in [1.165, 1.54) is 35.8 Å². The Balaban J connectivity index is 1.79. The molecule has 0 radical (unpaired) electrons. The van der Waals surface area contributed by atoms with Crippen LogP contribution in [0.15, 0.2) is 12.1 Å². The third-order valence-corrected chi connectivity index (χ3v) is 4.94. The number of thiophene rings is 1. The number of likely N-dealkylation sites (N-methyl/N-ethyl adjacent to an activating group) is 1. The van der Waals surface area contributed by atoms with Crippen molar-refractivity contribution in [2.75, 3.05) is 33.2 Å². The van der Waals surface area contributed by atoms with Crippen LogP contribution in [0.1, 0.15) is 30.0 Å². The number of nitrogens with zero attached hydrogens (tertiary/aromatic N) is 2. The van der Waals surface area contributed by atoms with Crippen molar-refractivity contribution in [3.63, 3.8) is 0 Å². The first-order valence-electron chi connectivity index (χ1n) is 7.40. The lowest BCUT2D eigenvalue weighted by Crippen LogP contribution is -2.49. The second-order valence-corrected chi connectivity index (χ2v) is 6.86. The minimum absolute atomic E-state index is 0.680. The van der Waals surface area contributed by atoms with Gasteiger partial charge in [-0.2, -0.15) is 0 Å².